The van der Waals surface area contributed by atoms with Crippen molar-refractivity contribution < 1.29 is 26.4 Å². The molecule has 1 saturated heterocycles. The van der Waals surface area contributed by atoms with E-state index < -0.39 is 27.6 Å². The Kier molecular flexibility index (Phi) is 4.94. The molecule has 1 fully saturated rings. The lowest BCUT2D eigenvalue weighted by molar-refractivity contribution is 0.0693. The van der Waals surface area contributed by atoms with E-state index in [4.69, 9.17) is 4.42 Å². The number of furan rings is 1. The van der Waals surface area contributed by atoms with Crippen LogP contribution in [-0.2, 0) is 10.0 Å². The molecule has 0 N–H and O–H groups in total. The Morgan fingerprint density at radius 3 is 2.31 bits per heavy atom. The van der Waals surface area contributed by atoms with Gasteiger partial charge < -0.3 is 9.32 Å². The maximum absolute atomic E-state index is 14.0. The van der Waals surface area contributed by atoms with E-state index in [1.807, 2.05) is 24.3 Å². The molecule has 2 heterocycles. The summed E-state index contributed by atoms with van der Waals surface area (Å²) < 4.78 is 60.6. The van der Waals surface area contributed by atoms with Gasteiger partial charge in [0.2, 0.25) is 10.0 Å². The summed E-state index contributed by atoms with van der Waals surface area (Å²) in [6.07, 6.45) is 0. The second kappa shape index (κ2) is 7.68. The number of halogens is 2. The summed E-state index contributed by atoms with van der Waals surface area (Å²) in [5.41, 5.74) is 1.04. The van der Waals surface area contributed by atoms with Crippen LogP contribution in [0.15, 0.2) is 70.0 Å². The molecule has 1 aliphatic rings. The molecular formula is C23H18F2N2O4S. The topological polar surface area (TPSA) is 70.8 Å². The van der Waals surface area contributed by atoms with E-state index in [2.05, 4.69) is 0 Å². The molecule has 0 spiro atoms. The normalized spacial score (nSPS) is 15.5. The number of rotatable bonds is 3. The van der Waals surface area contributed by atoms with Gasteiger partial charge in [-0.3, -0.25) is 4.79 Å². The third kappa shape index (κ3) is 3.43. The molecule has 0 saturated carbocycles. The monoisotopic (exact) mass is 456 g/mol. The van der Waals surface area contributed by atoms with Crippen molar-refractivity contribution in [2.45, 2.75) is 4.90 Å². The fourth-order valence-electron chi connectivity index (χ4n) is 3.98. The van der Waals surface area contributed by atoms with E-state index in [0.717, 1.165) is 17.5 Å². The van der Waals surface area contributed by atoms with Crippen LogP contribution in [0.25, 0.3) is 21.9 Å². The van der Waals surface area contributed by atoms with Crippen molar-refractivity contribution in [3.63, 3.8) is 0 Å². The van der Waals surface area contributed by atoms with Crippen LogP contribution >= 0.6 is 0 Å². The Labute approximate surface area is 182 Å². The number of hydrogen-bond acceptors (Lipinski definition) is 4. The number of fused-ring (bicyclic) bond motifs is 3. The number of sulfonamides is 1. The molecule has 0 radical (unpaired) electrons. The number of nitrogens with zero attached hydrogens (tertiary/aromatic N) is 2. The van der Waals surface area contributed by atoms with E-state index in [1.165, 1.54) is 15.3 Å². The number of benzene rings is 3. The van der Waals surface area contributed by atoms with E-state index >= 15 is 0 Å². The van der Waals surface area contributed by atoms with Crippen LogP contribution in [0.1, 0.15) is 10.4 Å². The van der Waals surface area contributed by atoms with Gasteiger partial charge in [0.15, 0.2) is 0 Å². The second-order valence-electron chi connectivity index (χ2n) is 7.58. The van der Waals surface area contributed by atoms with Crippen LogP contribution in [0.3, 0.4) is 0 Å². The van der Waals surface area contributed by atoms with Gasteiger partial charge in [-0.15, -0.1) is 0 Å². The first kappa shape index (κ1) is 20.6. The molecule has 0 atom stereocenters. The third-order valence-corrected chi connectivity index (χ3v) is 7.57. The maximum atomic E-state index is 14.0. The molecule has 3 aromatic carbocycles. The smallest absolute Gasteiger partial charge is 0.256 e. The van der Waals surface area contributed by atoms with Gasteiger partial charge in [-0.2, -0.15) is 4.31 Å². The van der Waals surface area contributed by atoms with Gasteiger partial charge in [-0.25, -0.2) is 17.2 Å². The Bertz CT molecular complexity index is 1460. The molecule has 6 nitrogen and oxygen atoms in total. The first-order chi connectivity index (χ1) is 15.3. The minimum atomic E-state index is -3.80. The van der Waals surface area contributed by atoms with Crippen molar-refractivity contribution in [3.05, 3.63) is 77.9 Å². The average Bonchev–Trinajstić information content (AvgIpc) is 3.17. The van der Waals surface area contributed by atoms with Gasteiger partial charge >= 0.3 is 0 Å². The Hall–Kier alpha value is -3.30. The number of piperazine rings is 1. The minimum Gasteiger partial charge on any atom is -0.456 e. The molecule has 32 heavy (non-hydrogen) atoms. The molecule has 0 aliphatic carbocycles. The lowest BCUT2D eigenvalue weighted by Crippen LogP contribution is -2.50. The van der Waals surface area contributed by atoms with Crippen molar-refractivity contribution in [2.24, 2.45) is 0 Å². The largest absolute Gasteiger partial charge is 0.456 e. The summed E-state index contributed by atoms with van der Waals surface area (Å²) >= 11 is 0. The van der Waals surface area contributed by atoms with Gasteiger partial charge in [-0.05, 0) is 36.4 Å². The molecule has 4 aromatic rings. The summed E-state index contributed by atoms with van der Waals surface area (Å²) in [5, 5.41) is 1.54. The van der Waals surface area contributed by atoms with E-state index in [9.17, 15) is 22.0 Å². The molecule has 1 amide bonds. The zero-order valence-corrected chi connectivity index (χ0v) is 17.6. The highest BCUT2D eigenvalue weighted by molar-refractivity contribution is 7.89. The molecule has 9 heteroatoms. The number of carbonyl (C=O) groups excluding carboxylic acids is 1. The van der Waals surface area contributed by atoms with Gasteiger partial charge in [-0.1, -0.05) is 18.2 Å². The van der Waals surface area contributed by atoms with Crippen LogP contribution in [0.4, 0.5) is 8.78 Å². The van der Waals surface area contributed by atoms with Crippen LogP contribution in [0.5, 0.6) is 0 Å². The number of amides is 1. The van der Waals surface area contributed by atoms with Gasteiger partial charge in [0.1, 0.15) is 22.8 Å². The van der Waals surface area contributed by atoms with Gasteiger partial charge in [0.25, 0.3) is 5.91 Å². The number of carbonyl (C=O) groups is 1. The van der Waals surface area contributed by atoms with Gasteiger partial charge in [0.05, 0.1) is 10.5 Å². The highest BCUT2D eigenvalue weighted by atomic mass is 32.2. The van der Waals surface area contributed by atoms with E-state index in [1.54, 1.807) is 12.1 Å². The second-order valence-corrected chi connectivity index (χ2v) is 9.51. The fourth-order valence-corrected chi connectivity index (χ4v) is 5.43. The van der Waals surface area contributed by atoms with Crippen molar-refractivity contribution >= 4 is 37.9 Å². The lowest BCUT2D eigenvalue weighted by atomic mass is 10.1. The Morgan fingerprint density at radius 2 is 1.56 bits per heavy atom. The van der Waals surface area contributed by atoms with Crippen molar-refractivity contribution in [2.75, 3.05) is 26.2 Å². The van der Waals surface area contributed by atoms with E-state index in [-0.39, 0.29) is 36.6 Å². The first-order valence-corrected chi connectivity index (χ1v) is 11.4. The molecule has 0 bridgehead atoms. The number of hydrogen-bond donors (Lipinski definition) is 0. The number of para-hydroxylation sites is 1. The lowest BCUT2D eigenvalue weighted by Gasteiger charge is -2.34. The zero-order chi connectivity index (χ0) is 22.5. The van der Waals surface area contributed by atoms with Crippen LogP contribution in [-0.4, -0.2) is 49.7 Å². The van der Waals surface area contributed by atoms with Crippen molar-refractivity contribution in [1.82, 2.24) is 9.21 Å². The summed E-state index contributed by atoms with van der Waals surface area (Å²) in [7, 11) is -3.80. The van der Waals surface area contributed by atoms with Crippen LogP contribution in [0, 0.1) is 11.6 Å². The average molecular weight is 456 g/mol. The third-order valence-electron chi connectivity index (χ3n) is 5.67. The fraction of sp³-hybridized carbons (Fsp3) is 0.174. The Balaban J connectivity index is 1.37. The molecule has 1 aromatic heterocycles. The molecule has 0 unspecified atom stereocenters. The van der Waals surface area contributed by atoms with Crippen LogP contribution < -0.4 is 0 Å². The van der Waals surface area contributed by atoms with Crippen LogP contribution in [0.2, 0.25) is 0 Å². The molecule has 5 rings (SSSR count). The first-order valence-electron chi connectivity index (χ1n) is 10.0. The quantitative estimate of drug-likeness (QED) is 0.467. The van der Waals surface area contributed by atoms with Crippen molar-refractivity contribution in [1.29, 1.82) is 0 Å². The maximum Gasteiger partial charge on any atom is 0.256 e. The standard InChI is InChI=1S/C23H18F2N2O4S/c24-15-5-7-18(20(25)13-15)23(28)26-9-11-27(12-10-26)32(29,30)16-6-8-22-19(14-16)17-3-1-2-4-21(17)31-22/h1-8,13-14H,9-12H2. The van der Waals surface area contributed by atoms with E-state index in [0.29, 0.717) is 22.6 Å². The molecular weight excluding hydrogens is 438 g/mol. The predicted molar refractivity (Wildman–Crippen MR) is 115 cm³/mol. The summed E-state index contributed by atoms with van der Waals surface area (Å²) in [5.74, 6) is -2.30. The molecule has 164 valence electrons. The Morgan fingerprint density at radius 1 is 0.844 bits per heavy atom. The highest BCUT2D eigenvalue weighted by Gasteiger charge is 2.31. The zero-order valence-electron chi connectivity index (χ0n) is 16.8. The van der Waals surface area contributed by atoms with Gasteiger partial charge in [0, 0.05) is 43.0 Å². The highest BCUT2D eigenvalue weighted by Crippen LogP contribution is 2.31. The SMILES string of the molecule is O=C(c1ccc(F)cc1F)N1CCN(S(=O)(=O)c2ccc3oc4ccccc4c3c2)CC1. The minimum absolute atomic E-state index is 0.0705. The van der Waals surface area contributed by atoms with Crippen molar-refractivity contribution in [3.8, 4) is 0 Å². The predicted octanol–water partition coefficient (Wildman–Crippen LogP) is 4.01. The summed E-state index contributed by atoms with van der Waals surface area (Å²) in [4.78, 5) is 14.1. The summed E-state index contributed by atoms with van der Waals surface area (Å²) in [6.45, 7) is 0.347. The molecule has 1 aliphatic heterocycles. The summed E-state index contributed by atoms with van der Waals surface area (Å²) in [6, 6.07) is 14.9.